The van der Waals surface area contributed by atoms with Crippen LogP contribution in [0.4, 0.5) is 13.2 Å². The van der Waals surface area contributed by atoms with E-state index in [9.17, 15) is 13.2 Å². The maximum absolute atomic E-state index is 10.6. The fourth-order valence-corrected chi connectivity index (χ4v) is 0.127. The molecule has 7 heavy (non-hydrogen) atoms. The van der Waals surface area contributed by atoms with E-state index in [1.165, 1.54) is 0 Å². The van der Waals surface area contributed by atoms with E-state index in [4.69, 9.17) is 4.57 Å². The van der Waals surface area contributed by atoms with Crippen molar-refractivity contribution in [2.24, 2.45) is 0 Å². The molecule has 0 aliphatic rings. The zero-order valence-corrected chi connectivity index (χ0v) is 3.79. The van der Waals surface area contributed by atoms with Gasteiger partial charge in [0.25, 0.3) is 0 Å². The highest BCUT2D eigenvalue weighted by Crippen LogP contribution is 2.21. The van der Waals surface area contributed by atoms with E-state index in [2.05, 4.69) is 4.52 Å². The van der Waals surface area contributed by atoms with Crippen molar-refractivity contribution in [3.8, 4) is 0 Å². The fraction of sp³-hybridized carbons (Fsp3) is 1.00. The minimum Gasteiger partial charge on any atom is -0.240 e. The molecule has 0 aliphatic heterocycles. The molecule has 0 aromatic heterocycles. The Morgan fingerprint density at radius 2 is 1.86 bits per heavy atom. The molecule has 6 heteroatoms. The third-order valence-corrected chi connectivity index (χ3v) is 0.422. The van der Waals surface area contributed by atoms with Gasteiger partial charge in [0.2, 0.25) is 0 Å². The Hall–Kier alpha value is -0.150. The average Bonchev–Trinajstić information content (AvgIpc) is 1.30. The number of halogens is 3. The van der Waals surface area contributed by atoms with E-state index < -0.39 is 15.0 Å². The summed E-state index contributed by atoms with van der Waals surface area (Å²) >= 11 is 0. The molecule has 0 amide bonds. The topological polar surface area (TPSA) is 26.3 Å². The monoisotopic (exact) mass is 132 g/mol. The molecule has 42 valence electrons. The summed E-state index contributed by atoms with van der Waals surface area (Å²) in [5.41, 5.74) is 0. The molecule has 0 saturated heterocycles. The average molecular weight is 132 g/mol. The van der Waals surface area contributed by atoms with Crippen LogP contribution in [0.3, 0.4) is 0 Å². The highest BCUT2D eigenvalue weighted by molar-refractivity contribution is 7.17. The van der Waals surface area contributed by atoms with E-state index in [1.807, 2.05) is 0 Å². The molecular weight excluding hydrogens is 132 g/mol. The predicted molar refractivity (Wildman–Crippen MR) is 14.7 cm³/mol. The normalized spacial score (nSPS) is 12.4. The van der Waals surface area contributed by atoms with Crippen molar-refractivity contribution in [3.05, 3.63) is 0 Å². The maximum Gasteiger partial charge on any atom is 0.532 e. The molecule has 0 heterocycles. The summed E-state index contributed by atoms with van der Waals surface area (Å²) in [6, 6.07) is 0. The smallest absolute Gasteiger partial charge is 0.240 e. The second-order valence-electron chi connectivity index (χ2n) is 0.612. The van der Waals surface area contributed by atoms with Crippen molar-refractivity contribution in [2.75, 3.05) is 0 Å². The van der Waals surface area contributed by atoms with Gasteiger partial charge in [0.15, 0.2) is 0 Å². The summed E-state index contributed by atoms with van der Waals surface area (Å²) < 4.78 is 43.5. The Morgan fingerprint density at radius 1 is 1.43 bits per heavy atom. The van der Waals surface area contributed by atoms with Crippen LogP contribution in [0.15, 0.2) is 0 Å². The van der Waals surface area contributed by atoms with Gasteiger partial charge >= 0.3 is 15.0 Å². The molecule has 2 nitrogen and oxygen atoms in total. The van der Waals surface area contributed by atoms with Crippen molar-refractivity contribution in [1.29, 1.82) is 0 Å². The van der Waals surface area contributed by atoms with Gasteiger partial charge < -0.3 is 0 Å². The molecule has 0 aromatic carbocycles. The standard InChI is InChI=1S/CF3O2P/c2-1(3,4)6-7-5. The van der Waals surface area contributed by atoms with Gasteiger partial charge in [-0.15, -0.1) is 13.2 Å². The van der Waals surface area contributed by atoms with Crippen molar-refractivity contribution >= 4 is 8.69 Å². The van der Waals surface area contributed by atoms with Crippen LogP contribution in [-0.4, -0.2) is 6.36 Å². The van der Waals surface area contributed by atoms with Crippen LogP contribution in [0.1, 0.15) is 0 Å². The third-order valence-electron chi connectivity index (χ3n) is 0.141. The lowest BCUT2D eigenvalue weighted by Gasteiger charge is -1.94. The first-order valence-corrected chi connectivity index (χ1v) is 1.87. The summed E-state index contributed by atoms with van der Waals surface area (Å²) in [5, 5.41) is 0. The van der Waals surface area contributed by atoms with Crippen LogP contribution in [0, 0.1) is 0 Å². The molecule has 0 aliphatic carbocycles. The minimum absolute atomic E-state index is 1.37. The maximum atomic E-state index is 10.6. The third kappa shape index (κ3) is 5.85. The van der Waals surface area contributed by atoms with Crippen LogP contribution in [0.5, 0.6) is 0 Å². The summed E-state index contributed by atoms with van der Waals surface area (Å²) in [6.07, 6.45) is -4.77. The molecule has 0 radical (unpaired) electrons. The Balaban J connectivity index is 3.34. The molecule has 0 N–H and O–H groups in total. The molecule has 0 unspecified atom stereocenters. The van der Waals surface area contributed by atoms with E-state index in [0.717, 1.165) is 0 Å². The van der Waals surface area contributed by atoms with Crippen LogP contribution in [0.2, 0.25) is 0 Å². The Labute approximate surface area is 38.6 Å². The SMILES string of the molecule is O=POC(F)(F)F. The lowest BCUT2D eigenvalue weighted by Crippen LogP contribution is -2.04. The van der Waals surface area contributed by atoms with Crippen LogP contribution < -0.4 is 0 Å². The van der Waals surface area contributed by atoms with Gasteiger partial charge in [-0.2, -0.15) is 4.52 Å². The molecule has 0 atom stereocenters. The van der Waals surface area contributed by atoms with Crippen molar-refractivity contribution in [2.45, 2.75) is 6.36 Å². The van der Waals surface area contributed by atoms with E-state index in [1.54, 1.807) is 0 Å². The Morgan fingerprint density at radius 3 is 1.86 bits per heavy atom. The summed E-state index contributed by atoms with van der Waals surface area (Å²) in [6.45, 7) is 0. The quantitative estimate of drug-likeness (QED) is 0.507. The Kier molecular flexibility index (Phi) is 2.19. The van der Waals surface area contributed by atoms with Gasteiger partial charge in [-0.25, -0.2) is 4.57 Å². The molecule has 0 saturated carbocycles. The number of hydrogen-bond acceptors (Lipinski definition) is 2. The molecule has 0 rings (SSSR count). The van der Waals surface area contributed by atoms with Gasteiger partial charge in [0.1, 0.15) is 0 Å². The lowest BCUT2D eigenvalue weighted by atomic mass is 11.4. The van der Waals surface area contributed by atoms with Crippen LogP contribution in [-0.2, 0) is 9.09 Å². The highest BCUT2D eigenvalue weighted by atomic mass is 31.1. The van der Waals surface area contributed by atoms with Crippen molar-refractivity contribution < 1.29 is 22.3 Å². The zero-order chi connectivity index (χ0) is 5.91. The number of hydrogen-bond donors (Lipinski definition) is 0. The van der Waals surface area contributed by atoms with Gasteiger partial charge in [0, 0.05) is 0 Å². The second kappa shape index (κ2) is 2.23. The number of alkyl halides is 3. The summed E-state index contributed by atoms with van der Waals surface area (Å²) in [4.78, 5) is 0. The molecular formula is CF3O2P. The van der Waals surface area contributed by atoms with Gasteiger partial charge in [-0.3, -0.25) is 0 Å². The van der Waals surface area contributed by atoms with Crippen molar-refractivity contribution in [3.63, 3.8) is 0 Å². The van der Waals surface area contributed by atoms with Crippen molar-refractivity contribution in [1.82, 2.24) is 0 Å². The predicted octanol–water partition coefficient (Wildman–Crippen LogP) is 1.73. The van der Waals surface area contributed by atoms with Gasteiger partial charge in [0.05, 0.1) is 0 Å². The summed E-state index contributed by atoms with van der Waals surface area (Å²) in [5.74, 6) is 0. The highest BCUT2D eigenvalue weighted by Gasteiger charge is 2.29. The Bertz CT molecular complexity index is 67.8. The zero-order valence-electron chi connectivity index (χ0n) is 2.90. The molecule has 0 spiro atoms. The van der Waals surface area contributed by atoms with Gasteiger partial charge in [-0.05, 0) is 0 Å². The first-order valence-electron chi connectivity index (χ1n) is 1.14. The molecule has 0 fully saturated rings. The van der Waals surface area contributed by atoms with E-state index >= 15 is 0 Å². The second-order valence-corrected chi connectivity index (χ2v) is 0.943. The summed E-state index contributed by atoms with van der Waals surface area (Å²) in [7, 11) is -1.37. The van der Waals surface area contributed by atoms with E-state index in [-0.39, 0.29) is 0 Å². The number of rotatable bonds is 1. The fourth-order valence-electron chi connectivity index (χ4n) is 0.0423. The lowest BCUT2D eigenvalue weighted by molar-refractivity contribution is -0.270. The van der Waals surface area contributed by atoms with Gasteiger partial charge in [-0.1, -0.05) is 0 Å². The van der Waals surface area contributed by atoms with E-state index in [0.29, 0.717) is 0 Å². The minimum atomic E-state index is -4.77. The first kappa shape index (κ1) is 6.85. The molecule has 0 aromatic rings. The first-order chi connectivity index (χ1) is 3.06. The van der Waals surface area contributed by atoms with Crippen LogP contribution in [0.25, 0.3) is 0 Å². The van der Waals surface area contributed by atoms with Crippen LogP contribution >= 0.6 is 8.69 Å². The largest absolute Gasteiger partial charge is 0.532 e. The molecule has 0 bridgehead atoms.